The molecule has 0 spiro atoms. The zero-order chi connectivity index (χ0) is 91.8. The molecule has 10 aromatic carbocycles. The van der Waals surface area contributed by atoms with E-state index in [9.17, 15) is 0 Å². The van der Waals surface area contributed by atoms with Gasteiger partial charge in [-0.25, -0.2) is 0 Å². The van der Waals surface area contributed by atoms with Crippen molar-refractivity contribution in [3.63, 3.8) is 0 Å². The molecule has 14 aromatic heterocycles. The summed E-state index contributed by atoms with van der Waals surface area (Å²) in [6.45, 7) is 9.09. The lowest BCUT2D eigenvalue weighted by Crippen LogP contribution is -1.94. The highest BCUT2D eigenvalue weighted by Crippen LogP contribution is 2.51. The molecule has 0 aliphatic heterocycles. The average Bonchev–Trinajstić information content (AvgIpc) is 1.55. The Hall–Kier alpha value is -11.1. The van der Waals surface area contributed by atoms with Crippen LogP contribution in [0, 0.1) is 6.92 Å². The quantitative estimate of drug-likeness (QED) is 0.0353. The third-order valence-corrected chi connectivity index (χ3v) is 39.8. The van der Waals surface area contributed by atoms with E-state index in [1.165, 1.54) is 372 Å². The number of benzene rings is 10. The number of aryl methyl sites for hydroxylation is 4. The number of nitrogens with zero attached hydrogens (tertiary/aromatic N) is 4. The van der Waals surface area contributed by atoms with E-state index in [2.05, 4.69) is 361 Å². The van der Waals surface area contributed by atoms with Gasteiger partial charge in [0, 0.05) is 163 Å². The molecule has 682 valence electrons. The second-order valence-corrected chi connectivity index (χ2v) is 48.4. The van der Waals surface area contributed by atoms with Crippen LogP contribution in [0.25, 0.3) is 210 Å². The highest BCUT2D eigenvalue weighted by molar-refractivity contribution is 7.31. The molecular formula is C123H110N4S10. The fourth-order valence-corrected chi connectivity index (χ4v) is 31.9. The molecular weight excluding hydrogens is 1850 g/mol. The van der Waals surface area contributed by atoms with Gasteiger partial charge >= 0.3 is 0 Å². The van der Waals surface area contributed by atoms with E-state index < -0.39 is 0 Å². The predicted octanol–water partition coefficient (Wildman–Crippen LogP) is 41.8. The van der Waals surface area contributed by atoms with Crippen molar-refractivity contribution in [2.75, 3.05) is 0 Å². The van der Waals surface area contributed by atoms with Gasteiger partial charge in [0.05, 0.1) is 44.1 Å². The fraction of sp³-hybridized carbons (Fsp3) is 0.220. The number of hydrogen-bond donors (Lipinski definition) is 0. The summed E-state index contributed by atoms with van der Waals surface area (Å²) < 4.78 is 15.5. The minimum absolute atomic E-state index is 1.17. The Labute approximate surface area is 843 Å². The molecule has 0 radical (unpaired) electrons. The molecule has 0 unspecified atom stereocenters. The monoisotopic (exact) mass is 1960 g/mol. The standard InChI is InChI=1S/C70H64N2S6.C53H46N2S4/c1-3-5-7-9-11-19-25-51-29-33-63(73-51)65-39-41-69(77-65)67-37-35-61(75-67)47-27-31-57-53(43-47)55-45-60-56(46-59(55)71(57)49-21-15-13-16-22-49)54-44-48(28-32-58(54)72(60)50-23-17-14-18-24-50)62-36-38-68(76-62)70-42-40-66(78-70)64-34-30-52(74-64)26-20-12-10-8-6-4-2;1-3-4-5-6-7-8-9-16-21-39-29-51-53(57-39)33-49(59-51)36-23-25-45-41(28-36)43-31-46-42(30-47(43)55(45)38-19-14-11-15-20-38)40-27-35(48-32-52-50(58-48)26-34(2)56-52)22-24-44(40)54(46)37-17-12-10-13-18-37/h13-18,21-24,27-46H,3-12,19-20,25-26H2,1-2H3;10-15,17-20,22-33H,3-9,16,21H2,1-2H3. The zero-order valence-corrected chi connectivity index (χ0v) is 86.3. The summed E-state index contributed by atoms with van der Waals surface area (Å²) in [5, 5.41) is 10.1. The van der Waals surface area contributed by atoms with E-state index in [-0.39, 0.29) is 0 Å². The van der Waals surface area contributed by atoms with Crippen molar-refractivity contribution < 1.29 is 0 Å². The van der Waals surface area contributed by atoms with Crippen molar-refractivity contribution in [2.24, 2.45) is 0 Å². The minimum atomic E-state index is 1.17. The van der Waals surface area contributed by atoms with Crippen LogP contribution in [0.15, 0.2) is 315 Å². The molecule has 14 heterocycles. The van der Waals surface area contributed by atoms with E-state index in [0.29, 0.717) is 0 Å². The van der Waals surface area contributed by atoms with Crippen LogP contribution < -0.4 is 0 Å². The summed E-state index contributed by atoms with van der Waals surface area (Å²) >= 11 is 19.4. The van der Waals surface area contributed by atoms with Crippen LogP contribution in [0.2, 0.25) is 0 Å². The van der Waals surface area contributed by atoms with E-state index in [0.717, 1.165) is 0 Å². The Bertz CT molecular complexity index is 8060. The zero-order valence-electron chi connectivity index (χ0n) is 78.2. The van der Waals surface area contributed by atoms with Gasteiger partial charge in [-0.05, 0) is 286 Å². The second-order valence-electron chi connectivity index (χ2n) is 37.1. The first-order chi connectivity index (χ1) is 67.7. The summed E-state index contributed by atoms with van der Waals surface area (Å²) in [6, 6.07) is 120. The second kappa shape index (κ2) is 40.4. The highest BCUT2D eigenvalue weighted by Gasteiger charge is 2.26. The maximum absolute atomic E-state index is 2.48. The average molecular weight is 1960 g/mol. The molecule has 137 heavy (non-hydrogen) atoms. The number of hydrogen-bond acceptors (Lipinski definition) is 10. The lowest BCUT2D eigenvalue weighted by Gasteiger charge is -2.09. The SMILES string of the molecule is CCCCCCCCCCc1cc2sc(-c3ccc4c(c3)c3cc5c(cc3n4-c3ccccc3)c3cc(-c4cc6sc(C)cc6s4)ccc3n5-c3ccccc3)cc2s1.CCCCCCCCc1ccc(-c2ccc(-c3ccc(-c4ccc5c(c4)c4cc6c(cc4n5-c4ccccc4)c4cc(-c5ccc(-c7ccc(-c8ccc(CCCCCCCC)s8)s7)s5)ccc4n6-c4ccccc4)s3)s2)s1. The van der Waals surface area contributed by atoms with Crippen LogP contribution in [0.4, 0.5) is 0 Å². The summed E-state index contributed by atoms with van der Waals surface area (Å²) in [4.78, 5) is 22.1. The number of thiophene rings is 10. The van der Waals surface area contributed by atoms with Gasteiger partial charge in [0.15, 0.2) is 0 Å². The molecule has 14 heteroatoms. The predicted molar refractivity (Wildman–Crippen MR) is 613 cm³/mol. The number of aromatic nitrogens is 4. The van der Waals surface area contributed by atoms with Crippen molar-refractivity contribution in [3.8, 4) is 104 Å². The Balaban J connectivity index is 0.000000160. The van der Waals surface area contributed by atoms with Gasteiger partial charge < -0.3 is 18.3 Å². The maximum Gasteiger partial charge on any atom is 0.0548 e. The number of fused-ring (bicyclic) bond motifs is 14. The number of para-hydroxylation sites is 4. The van der Waals surface area contributed by atoms with Gasteiger partial charge in [-0.3, -0.25) is 0 Å². The van der Waals surface area contributed by atoms with E-state index in [1.807, 2.05) is 113 Å². The van der Waals surface area contributed by atoms with Crippen molar-refractivity contribution in [2.45, 2.75) is 175 Å². The number of unbranched alkanes of at least 4 members (excludes halogenated alkanes) is 17. The normalized spacial score (nSPS) is 12.0. The smallest absolute Gasteiger partial charge is 0.0548 e. The van der Waals surface area contributed by atoms with Crippen LogP contribution in [0.1, 0.15) is 169 Å². The topological polar surface area (TPSA) is 19.7 Å². The van der Waals surface area contributed by atoms with Crippen LogP contribution in [-0.2, 0) is 19.3 Å². The lowest BCUT2D eigenvalue weighted by atomic mass is 10.1. The summed E-state index contributed by atoms with van der Waals surface area (Å²) in [6.07, 6.45) is 30.7. The van der Waals surface area contributed by atoms with E-state index >= 15 is 0 Å². The first kappa shape index (κ1) is 89.8. The van der Waals surface area contributed by atoms with Crippen LogP contribution in [0.3, 0.4) is 0 Å². The first-order valence-electron chi connectivity index (χ1n) is 49.6. The molecule has 0 N–H and O–H groups in total. The van der Waals surface area contributed by atoms with Gasteiger partial charge in [0.2, 0.25) is 0 Å². The Morgan fingerprint density at radius 3 is 0.752 bits per heavy atom. The molecule has 0 fully saturated rings. The van der Waals surface area contributed by atoms with Gasteiger partial charge in [-0.1, -0.05) is 227 Å². The molecule has 0 saturated heterocycles. The van der Waals surface area contributed by atoms with Crippen molar-refractivity contribution in [1.82, 2.24) is 18.3 Å². The molecule has 0 amide bonds. The largest absolute Gasteiger partial charge is 0.309 e. The van der Waals surface area contributed by atoms with E-state index in [4.69, 9.17) is 0 Å². The Kier molecular flexibility index (Phi) is 26.5. The minimum Gasteiger partial charge on any atom is -0.309 e. The summed E-state index contributed by atoms with van der Waals surface area (Å²) in [7, 11) is 0. The third kappa shape index (κ3) is 18.3. The Morgan fingerprint density at radius 2 is 0.431 bits per heavy atom. The molecule has 24 rings (SSSR count). The molecule has 4 nitrogen and oxygen atoms in total. The summed E-state index contributed by atoms with van der Waals surface area (Å²) in [5.74, 6) is 0. The van der Waals surface area contributed by atoms with Gasteiger partial charge in [0.25, 0.3) is 0 Å². The molecule has 0 bridgehead atoms. The van der Waals surface area contributed by atoms with Gasteiger partial charge in [-0.2, -0.15) is 0 Å². The molecule has 24 aromatic rings. The Morgan fingerprint density at radius 1 is 0.175 bits per heavy atom. The van der Waals surface area contributed by atoms with Crippen molar-refractivity contribution >= 4 is 219 Å². The molecule has 0 aliphatic rings. The maximum atomic E-state index is 2.48. The summed E-state index contributed by atoms with van der Waals surface area (Å²) in [5.41, 5.74) is 19.6. The number of rotatable bonds is 35. The highest BCUT2D eigenvalue weighted by atomic mass is 32.1. The fourth-order valence-electron chi connectivity index (χ4n) is 20.7. The molecule has 0 atom stereocenters. The van der Waals surface area contributed by atoms with Crippen LogP contribution >= 0.6 is 113 Å². The molecule has 0 aliphatic carbocycles. The lowest BCUT2D eigenvalue weighted by molar-refractivity contribution is 0.576. The van der Waals surface area contributed by atoms with Crippen molar-refractivity contribution in [1.29, 1.82) is 0 Å². The van der Waals surface area contributed by atoms with E-state index in [1.54, 1.807) is 4.88 Å². The van der Waals surface area contributed by atoms with Crippen molar-refractivity contribution in [3.05, 3.63) is 335 Å². The van der Waals surface area contributed by atoms with Crippen LogP contribution in [-0.4, -0.2) is 18.3 Å². The third-order valence-electron chi connectivity index (χ3n) is 27.6. The molecule has 0 saturated carbocycles. The first-order valence-corrected chi connectivity index (χ1v) is 57.8. The van der Waals surface area contributed by atoms with Crippen LogP contribution in [0.5, 0.6) is 0 Å². The van der Waals surface area contributed by atoms with Gasteiger partial charge in [0.1, 0.15) is 0 Å². The van der Waals surface area contributed by atoms with Gasteiger partial charge in [-0.15, -0.1) is 113 Å².